The van der Waals surface area contributed by atoms with Gasteiger partial charge in [-0.3, -0.25) is 9.59 Å². The lowest BCUT2D eigenvalue weighted by molar-refractivity contribution is -0.121. The lowest BCUT2D eigenvalue weighted by Gasteiger charge is -2.32. The number of rotatable bonds is 7. The third kappa shape index (κ3) is 5.49. The second kappa shape index (κ2) is 10.5. The number of carbonyl (C=O) groups excluding carboxylic acids is 2. The molecule has 2 aromatic rings. The molecular formula is C23H28ClN3O4S. The molecule has 0 aliphatic carbocycles. The zero-order chi connectivity index (χ0) is 23.3. The van der Waals surface area contributed by atoms with Crippen LogP contribution < -0.4 is 5.32 Å². The van der Waals surface area contributed by atoms with Gasteiger partial charge in [-0.05, 0) is 61.4 Å². The van der Waals surface area contributed by atoms with Crippen LogP contribution in [-0.2, 0) is 14.8 Å². The SMILES string of the molecule is CCN(CC)S(=O)(=O)c1ccc(NC(=O)[C@@H]2CCCN(C(=O)c3ccc(Cl)cc3)C2)cc1. The first-order valence-corrected chi connectivity index (χ1v) is 12.5. The number of likely N-dealkylation sites (tertiary alicyclic amines) is 1. The molecule has 1 atom stereocenters. The number of piperidine rings is 1. The Morgan fingerprint density at radius 3 is 2.28 bits per heavy atom. The number of carbonyl (C=O) groups is 2. The van der Waals surface area contributed by atoms with Gasteiger partial charge in [-0.2, -0.15) is 4.31 Å². The molecule has 7 nitrogen and oxygen atoms in total. The van der Waals surface area contributed by atoms with Gasteiger partial charge in [0, 0.05) is 42.5 Å². The summed E-state index contributed by atoms with van der Waals surface area (Å²) in [6.07, 6.45) is 1.42. The number of benzene rings is 2. The quantitative estimate of drug-likeness (QED) is 0.656. The molecular weight excluding hydrogens is 450 g/mol. The molecule has 0 unspecified atom stereocenters. The maximum absolute atomic E-state index is 12.8. The molecule has 2 aromatic carbocycles. The Morgan fingerprint density at radius 1 is 1.06 bits per heavy atom. The molecule has 0 spiro atoms. The van der Waals surface area contributed by atoms with E-state index in [1.807, 2.05) is 0 Å². The Kier molecular flexibility index (Phi) is 7.92. The maximum atomic E-state index is 12.8. The molecule has 1 fully saturated rings. The van der Waals surface area contributed by atoms with Crippen LogP contribution in [-0.4, -0.2) is 55.6 Å². The van der Waals surface area contributed by atoms with E-state index >= 15 is 0 Å². The lowest BCUT2D eigenvalue weighted by atomic mass is 9.96. The van der Waals surface area contributed by atoms with E-state index in [4.69, 9.17) is 11.6 Å². The summed E-state index contributed by atoms with van der Waals surface area (Å²) in [5.41, 5.74) is 1.06. The summed E-state index contributed by atoms with van der Waals surface area (Å²) in [6, 6.07) is 12.9. The van der Waals surface area contributed by atoms with Crippen LogP contribution in [0.2, 0.25) is 5.02 Å². The number of nitrogens with zero attached hydrogens (tertiary/aromatic N) is 2. The number of anilines is 1. The lowest BCUT2D eigenvalue weighted by Crippen LogP contribution is -2.43. The molecule has 1 N–H and O–H groups in total. The van der Waals surface area contributed by atoms with Gasteiger partial charge in [0.1, 0.15) is 0 Å². The van der Waals surface area contributed by atoms with Crippen LogP contribution in [0.4, 0.5) is 5.69 Å². The average Bonchev–Trinajstić information content (AvgIpc) is 2.80. The summed E-state index contributed by atoms with van der Waals surface area (Å²) in [5, 5.41) is 3.41. The number of hydrogen-bond acceptors (Lipinski definition) is 4. The molecule has 0 saturated carbocycles. The van der Waals surface area contributed by atoms with Crippen LogP contribution in [0.25, 0.3) is 0 Å². The van der Waals surface area contributed by atoms with Gasteiger partial charge in [0.2, 0.25) is 15.9 Å². The second-order valence-corrected chi connectivity index (χ2v) is 10.1. The monoisotopic (exact) mass is 477 g/mol. The van der Waals surface area contributed by atoms with Crippen LogP contribution in [0.5, 0.6) is 0 Å². The van der Waals surface area contributed by atoms with E-state index in [2.05, 4.69) is 5.32 Å². The standard InChI is InChI=1S/C23H28ClN3O4S/c1-3-27(4-2)32(30,31)21-13-11-20(12-14-21)25-22(28)18-6-5-15-26(16-18)23(29)17-7-9-19(24)10-8-17/h7-14,18H,3-6,15-16H2,1-2H3,(H,25,28)/t18-/m1/s1. The minimum Gasteiger partial charge on any atom is -0.338 e. The zero-order valence-electron chi connectivity index (χ0n) is 18.3. The van der Waals surface area contributed by atoms with E-state index in [-0.39, 0.29) is 22.6 Å². The number of nitrogens with one attached hydrogen (secondary N) is 1. The van der Waals surface area contributed by atoms with Gasteiger partial charge in [-0.1, -0.05) is 25.4 Å². The highest BCUT2D eigenvalue weighted by Crippen LogP contribution is 2.23. The molecule has 0 radical (unpaired) electrons. The van der Waals surface area contributed by atoms with Crippen LogP contribution >= 0.6 is 11.6 Å². The van der Waals surface area contributed by atoms with E-state index in [1.165, 1.54) is 16.4 Å². The molecule has 1 saturated heterocycles. The molecule has 1 heterocycles. The fraction of sp³-hybridized carbons (Fsp3) is 0.391. The Hall–Kier alpha value is -2.42. The van der Waals surface area contributed by atoms with Crippen molar-refractivity contribution < 1.29 is 18.0 Å². The van der Waals surface area contributed by atoms with Crippen LogP contribution in [0.1, 0.15) is 37.0 Å². The Balaban J connectivity index is 1.64. The minimum absolute atomic E-state index is 0.120. The van der Waals surface area contributed by atoms with E-state index in [9.17, 15) is 18.0 Å². The third-order valence-electron chi connectivity index (χ3n) is 5.64. The van der Waals surface area contributed by atoms with Crippen molar-refractivity contribution >= 4 is 39.1 Å². The summed E-state index contributed by atoms with van der Waals surface area (Å²) in [4.78, 5) is 27.5. The van der Waals surface area contributed by atoms with Crippen LogP contribution in [0.3, 0.4) is 0 Å². The summed E-state index contributed by atoms with van der Waals surface area (Å²) in [5.74, 6) is -0.637. The smallest absolute Gasteiger partial charge is 0.253 e. The maximum Gasteiger partial charge on any atom is 0.253 e. The largest absolute Gasteiger partial charge is 0.338 e. The van der Waals surface area contributed by atoms with E-state index in [1.54, 1.807) is 55.1 Å². The molecule has 2 amide bonds. The topological polar surface area (TPSA) is 86.8 Å². The van der Waals surface area contributed by atoms with Crippen molar-refractivity contribution in [2.24, 2.45) is 5.92 Å². The predicted molar refractivity (Wildman–Crippen MR) is 125 cm³/mol. The van der Waals surface area contributed by atoms with Gasteiger partial charge in [0.15, 0.2) is 0 Å². The van der Waals surface area contributed by atoms with Gasteiger partial charge in [0.05, 0.1) is 10.8 Å². The Bertz CT molecular complexity index is 1050. The number of halogens is 1. The summed E-state index contributed by atoms with van der Waals surface area (Å²) < 4.78 is 26.6. The highest BCUT2D eigenvalue weighted by Gasteiger charge is 2.29. The molecule has 172 valence electrons. The number of sulfonamides is 1. The normalized spacial score (nSPS) is 16.8. The van der Waals surface area contributed by atoms with Gasteiger partial charge in [-0.25, -0.2) is 8.42 Å². The Morgan fingerprint density at radius 2 is 1.69 bits per heavy atom. The number of hydrogen-bond donors (Lipinski definition) is 1. The van der Waals surface area contributed by atoms with Crippen molar-refractivity contribution in [3.8, 4) is 0 Å². The molecule has 9 heteroatoms. The molecule has 32 heavy (non-hydrogen) atoms. The highest BCUT2D eigenvalue weighted by atomic mass is 35.5. The van der Waals surface area contributed by atoms with E-state index < -0.39 is 10.0 Å². The van der Waals surface area contributed by atoms with Crippen molar-refractivity contribution in [1.29, 1.82) is 0 Å². The second-order valence-electron chi connectivity index (χ2n) is 7.70. The molecule has 1 aliphatic heterocycles. The van der Waals surface area contributed by atoms with Crippen molar-refractivity contribution in [3.05, 3.63) is 59.1 Å². The molecule has 0 bridgehead atoms. The van der Waals surface area contributed by atoms with Crippen molar-refractivity contribution in [2.75, 3.05) is 31.5 Å². The van der Waals surface area contributed by atoms with E-state index in [0.29, 0.717) is 48.9 Å². The fourth-order valence-electron chi connectivity index (χ4n) is 3.82. The van der Waals surface area contributed by atoms with Gasteiger partial charge < -0.3 is 10.2 Å². The first kappa shape index (κ1) is 24.2. The zero-order valence-corrected chi connectivity index (χ0v) is 19.8. The molecule has 3 rings (SSSR count). The molecule has 1 aliphatic rings. The van der Waals surface area contributed by atoms with Crippen molar-refractivity contribution in [3.63, 3.8) is 0 Å². The third-order valence-corrected chi connectivity index (χ3v) is 7.95. The van der Waals surface area contributed by atoms with Crippen molar-refractivity contribution in [1.82, 2.24) is 9.21 Å². The van der Waals surface area contributed by atoms with Gasteiger partial charge in [0.25, 0.3) is 5.91 Å². The molecule has 0 aromatic heterocycles. The summed E-state index contributed by atoms with van der Waals surface area (Å²) in [7, 11) is -3.54. The van der Waals surface area contributed by atoms with Crippen LogP contribution in [0.15, 0.2) is 53.4 Å². The fourth-order valence-corrected chi connectivity index (χ4v) is 5.40. The first-order valence-electron chi connectivity index (χ1n) is 10.7. The van der Waals surface area contributed by atoms with Crippen LogP contribution in [0, 0.1) is 5.92 Å². The Labute approximate surface area is 194 Å². The number of amides is 2. The summed E-state index contributed by atoms with van der Waals surface area (Å²) in [6.45, 7) is 5.31. The van der Waals surface area contributed by atoms with Gasteiger partial charge in [-0.15, -0.1) is 0 Å². The van der Waals surface area contributed by atoms with E-state index in [0.717, 1.165) is 6.42 Å². The average molecular weight is 478 g/mol. The van der Waals surface area contributed by atoms with Crippen molar-refractivity contribution in [2.45, 2.75) is 31.6 Å². The highest BCUT2D eigenvalue weighted by molar-refractivity contribution is 7.89. The minimum atomic E-state index is -3.54. The first-order chi connectivity index (χ1) is 15.3. The summed E-state index contributed by atoms with van der Waals surface area (Å²) >= 11 is 5.90. The van der Waals surface area contributed by atoms with Gasteiger partial charge >= 0.3 is 0 Å². The predicted octanol–water partition coefficient (Wildman–Crippen LogP) is 3.86.